The molecular weight excluding hydrogens is 540 g/mol. The molecule has 1 N–H and O–H groups in total. The van der Waals surface area contributed by atoms with Crippen LogP contribution in [0.2, 0.25) is 0 Å². The van der Waals surface area contributed by atoms with Crippen molar-refractivity contribution in [3.63, 3.8) is 0 Å². The number of methoxy groups -OCH3 is 3. The van der Waals surface area contributed by atoms with Gasteiger partial charge in [0.1, 0.15) is 6.61 Å². The van der Waals surface area contributed by atoms with Crippen LogP contribution in [0, 0.1) is 0 Å². The number of ether oxygens (including phenoxy) is 4. The number of nitrogens with zero attached hydrogens (tertiary/aromatic N) is 1. The molecule has 0 heterocycles. The highest BCUT2D eigenvalue weighted by Gasteiger charge is 2.12. The Morgan fingerprint density at radius 1 is 0.812 bits per heavy atom. The van der Waals surface area contributed by atoms with Crippen LogP contribution < -0.4 is 24.4 Å². The molecule has 0 amide bonds. The lowest BCUT2D eigenvalue weighted by atomic mass is 10.2. The van der Waals surface area contributed by atoms with E-state index in [1.165, 1.54) is 0 Å². The summed E-state index contributed by atoms with van der Waals surface area (Å²) in [6, 6.07) is 17.5. The van der Waals surface area contributed by atoms with E-state index in [0.29, 0.717) is 36.1 Å². The summed E-state index contributed by atoms with van der Waals surface area (Å²) < 4.78 is 23.9. The molecule has 0 bridgehead atoms. The van der Waals surface area contributed by atoms with E-state index in [0.717, 1.165) is 25.6 Å². The Kier molecular flexibility index (Phi) is 8.81. The van der Waals surface area contributed by atoms with Crippen molar-refractivity contribution in [2.75, 3.05) is 21.3 Å². The second-order valence-corrected chi connectivity index (χ2v) is 8.50. The molecule has 8 heteroatoms. The summed E-state index contributed by atoms with van der Waals surface area (Å²) in [4.78, 5) is 0. The quantitative estimate of drug-likeness (QED) is 0.244. The number of hydrogen-bond acceptors (Lipinski definition) is 6. The van der Waals surface area contributed by atoms with Gasteiger partial charge in [0.05, 0.1) is 38.6 Å². The third kappa shape index (κ3) is 6.40. The van der Waals surface area contributed by atoms with E-state index in [4.69, 9.17) is 18.9 Å². The molecule has 32 heavy (non-hydrogen) atoms. The van der Waals surface area contributed by atoms with Gasteiger partial charge in [-0.25, -0.2) is 0 Å². The van der Waals surface area contributed by atoms with Crippen LogP contribution in [-0.4, -0.2) is 27.5 Å². The molecule has 0 aromatic heterocycles. The molecule has 0 radical (unpaired) electrons. The van der Waals surface area contributed by atoms with Crippen LogP contribution in [0.1, 0.15) is 16.7 Å². The Bertz CT molecular complexity index is 1070. The lowest BCUT2D eigenvalue weighted by Crippen LogP contribution is -2.06. The molecule has 0 saturated heterocycles. The van der Waals surface area contributed by atoms with Crippen molar-refractivity contribution in [2.24, 2.45) is 5.10 Å². The molecule has 0 aliphatic rings. The highest BCUT2D eigenvalue weighted by Crippen LogP contribution is 2.37. The molecule has 6 nitrogen and oxygen atoms in total. The zero-order chi connectivity index (χ0) is 22.9. The zero-order valence-electron chi connectivity index (χ0n) is 18.0. The summed E-state index contributed by atoms with van der Waals surface area (Å²) in [5, 5.41) is 4.31. The smallest absolute Gasteiger partial charge is 0.175 e. The number of hydrazone groups is 1. The van der Waals surface area contributed by atoms with Crippen molar-refractivity contribution in [1.29, 1.82) is 0 Å². The molecule has 0 unspecified atom stereocenters. The Labute approximate surface area is 204 Å². The van der Waals surface area contributed by atoms with Crippen molar-refractivity contribution < 1.29 is 18.9 Å². The van der Waals surface area contributed by atoms with Gasteiger partial charge in [0, 0.05) is 4.47 Å². The third-order valence-corrected chi connectivity index (χ3v) is 5.70. The first-order valence-corrected chi connectivity index (χ1v) is 11.3. The molecular formula is C24H24Br2N2O4. The minimum atomic E-state index is 0.433. The maximum atomic E-state index is 5.99. The Morgan fingerprint density at radius 2 is 1.50 bits per heavy atom. The number of hydrogen-bond donors (Lipinski definition) is 1. The molecule has 168 valence electrons. The molecule has 0 atom stereocenters. The first-order valence-electron chi connectivity index (χ1n) is 9.75. The lowest BCUT2D eigenvalue weighted by Gasteiger charge is -2.13. The fourth-order valence-corrected chi connectivity index (χ4v) is 3.78. The summed E-state index contributed by atoms with van der Waals surface area (Å²) >= 11 is 7.02. The molecule has 0 aliphatic heterocycles. The number of halogens is 2. The van der Waals surface area contributed by atoms with Crippen LogP contribution in [0.5, 0.6) is 23.0 Å². The molecule has 3 rings (SSSR count). The van der Waals surface area contributed by atoms with Crippen molar-refractivity contribution in [2.45, 2.75) is 13.2 Å². The SMILES string of the molecule is COc1ccc(CN/N=C\c2cc(Br)c(OCc3ccc(Br)cc3)c(OC)c2)cc1OC. The fourth-order valence-electron chi connectivity index (χ4n) is 2.94. The molecule has 0 fully saturated rings. The minimum Gasteiger partial charge on any atom is -0.493 e. The van der Waals surface area contributed by atoms with Gasteiger partial charge in [-0.05, 0) is 69.0 Å². The van der Waals surface area contributed by atoms with Crippen LogP contribution in [0.25, 0.3) is 0 Å². The summed E-state index contributed by atoms with van der Waals surface area (Å²) in [5.74, 6) is 2.64. The maximum Gasteiger partial charge on any atom is 0.175 e. The second kappa shape index (κ2) is 11.8. The zero-order valence-corrected chi connectivity index (χ0v) is 21.2. The standard InChI is InChI=1S/C24H24Br2N2O4/c1-29-21-9-6-17(11-22(21)30-2)13-27-28-14-18-10-20(26)24(23(12-18)31-3)32-15-16-4-7-19(25)8-5-16/h4-12,14,27H,13,15H2,1-3H3/b28-14-. The van der Waals surface area contributed by atoms with E-state index in [2.05, 4.69) is 42.4 Å². The van der Waals surface area contributed by atoms with Crippen LogP contribution >= 0.6 is 31.9 Å². The summed E-state index contributed by atoms with van der Waals surface area (Å²) in [5.41, 5.74) is 5.99. The molecule has 0 saturated carbocycles. The Hall–Kier alpha value is -2.71. The van der Waals surface area contributed by atoms with Gasteiger partial charge in [-0.1, -0.05) is 34.1 Å². The van der Waals surface area contributed by atoms with Gasteiger partial charge >= 0.3 is 0 Å². The van der Waals surface area contributed by atoms with Gasteiger partial charge < -0.3 is 24.4 Å². The first-order chi connectivity index (χ1) is 15.5. The molecule has 3 aromatic rings. The average molecular weight is 564 g/mol. The normalized spacial score (nSPS) is 10.8. The van der Waals surface area contributed by atoms with E-state index in [1.54, 1.807) is 27.5 Å². The summed E-state index contributed by atoms with van der Waals surface area (Å²) in [6.07, 6.45) is 1.73. The van der Waals surface area contributed by atoms with Gasteiger partial charge in [0.2, 0.25) is 0 Å². The van der Waals surface area contributed by atoms with E-state index in [-0.39, 0.29) is 0 Å². The predicted octanol–water partition coefficient (Wildman–Crippen LogP) is 5.94. The van der Waals surface area contributed by atoms with Crippen LogP contribution in [0.3, 0.4) is 0 Å². The summed E-state index contributed by atoms with van der Waals surface area (Å²) in [6.45, 7) is 0.978. The number of benzene rings is 3. The molecule has 3 aromatic carbocycles. The molecule has 0 aliphatic carbocycles. The lowest BCUT2D eigenvalue weighted by molar-refractivity contribution is 0.282. The fraction of sp³-hybridized carbons (Fsp3) is 0.208. The van der Waals surface area contributed by atoms with Crippen LogP contribution in [-0.2, 0) is 13.2 Å². The van der Waals surface area contributed by atoms with E-state index < -0.39 is 0 Å². The topological polar surface area (TPSA) is 61.3 Å². The Morgan fingerprint density at radius 3 is 2.19 bits per heavy atom. The van der Waals surface area contributed by atoms with Gasteiger partial charge in [0.25, 0.3) is 0 Å². The van der Waals surface area contributed by atoms with Crippen molar-refractivity contribution >= 4 is 38.1 Å². The van der Waals surface area contributed by atoms with E-state index >= 15 is 0 Å². The van der Waals surface area contributed by atoms with E-state index in [1.807, 2.05) is 54.6 Å². The van der Waals surface area contributed by atoms with Crippen LogP contribution in [0.15, 0.2) is 68.6 Å². The second-order valence-electron chi connectivity index (χ2n) is 6.73. The largest absolute Gasteiger partial charge is 0.493 e. The van der Waals surface area contributed by atoms with Crippen molar-refractivity contribution in [3.05, 3.63) is 80.2 Å². The first kappa shape index (κ1) is 23.9. The van der Waals surface area contributed by atoms with Gasteiger partial charge in [0.15, 0.2) is 23.0 Å². The monoisotopic (exact) mass is 562 g/mol. The third-order valence-electron chi connectivity index (χ3n) is 4.58. The van der Waals surface area contributed by atoms with Gasteiger partial charge in [-0.3, -0.25) is 0 Å². The summed E-state index contributed by atoms with van der Waals surface area (Å²) in [7, 11) is 4.85. The van der Waals surface area contributed by atoms with E-state index in [9.17, 15) is 0 Å². The van der Waals surface area contributed by atoms with Crippen molar-refractivity contribution in [3.8, 4) is 23.0 Å². The van der Waals surface area contributed by atoms with Gasteiger partial charge in [-0.15, -0.1) is 0 Å². The number of rotatable bonds is 10. The van der Waals surface area contributed by atoms with Crippen LogP contribution in [0.4, 0.5) is 0 Å². The number of nitrogens with one attached hydrogen (secondary N) is 1. The average Bonchev–Trinajstić information content (AvgIpc) is 2.81. The predicted molar refractivity (Wildman–Crippen MR) is 133 cm³/mol. The highest BCUT2D eigenvalue weighted by molar-refractivity contribution is 9.10. The Balaban J connectivity index is 1.63. The van der Waals surface area contributed by atoms with Gasteiger partial charge in [-0.2, -0.15) is 5.10 Å². The minimum absolute atomic E-state index is 0.433. The molecule has 0 spiro atoms. The maximum absolute atomic E-state index is 5.99. The van der Waals surface area contributed by atoms with Crippen molar-refractivity contribution in [1.82, 2.24) is 5.43 Å². The highest BCUT2D eigenvalue weighted by atomic mass is 79.9.